The molecule has 20 atom stereocenters. The molecule has 284 valence electrons. The molecule has 21 nitrogen and oxygen atoms in total. The van der Waals surface area contributed by atoms with E-state index < -0.39 is 148 Å². The molecule has 0 aromatic heterocycles. The van der Waals surface area contributed by atoms with E-state index in [-0.39, 0.29) is 0 Å². The Morgan fingerprint density at radius 3 is 1.61 bits per heavy atom. The lowest BCUT2D eigenvalue weighted by Gasteiger charge is -2.50. The second-order valence-corrected chi connectivity index (χ2v) is 12.6. The highest BCUT2D eigenvalue weighted by Crippen LogP contribution is 2.35. The summed E-state index contributed by atoms with van der Waals surface area (Å²) in [6, 6.07) is -3.02. The highest BCUT2D eigenvalue weighted by molar-refractivity contribution is 5.73. The van der Waals surface area contributed by atoms with Crippen molar-refractivity contribution in [2.45, 2.75) is 150 Å². The Morgan fingerprint density at radius 2 is 1.04 bits per heavy atom. The molecule has 21 heteroatoms. The van der Waals surface area contributed by atoms with Crippen LogP contribution in [0.2, 0.25) is 0 Å². The maximum absolute atomic E-state index is 12.2. The molecule has 0 saturated carbocycles. The number of amides is 2. The van der Waals surface area contributed by atoms with Crippen molar-refractivity contribution >= 4 is 11.8 Å². The number of rotatable bonds is 10. The molecule has 0 unspecified atom stereocenters. The number of carbonyl (C=O) groups excluding carboxylic acids is 2. The molecule has 12 N–H and O–H groups in total. The summed E-state index contributed by atoms with van der Waals surface area (Å²) >= 11 is 0. The molecule has 0 aromatic rings. The van der Waals surface area contributed by atoms with E-state index in [4.69, 9.17) is 33.2 Å². The maximum atomic E-state index is 12.2. The molecule has 0 bridgehead atoms. The smallest absolute Gasteiger partial charge is 0.217 e. The van der Waals surface area contributed by atoms with Gasteiger partial charge in [0.05, 0.1) is 25.4 Å². The minimum Gasteiger partial charge on any atom is -0.394 e. The van der Waals surface area contributed by atoms with Crippen LogP contribution in [0.1, 0.15) is 27.7 Å². The molecule has 2 amide bonds. The lowest BCUT2D eigenvalue weighted by molar-refractivity contribution is -0.387. The first-order chi connectivity index (χ1) is 23.0. The van der Waals surface area contributed by atoms with Crippen molar-refractivity contribution in [3.63, 3.8) is 0 Å². The number of hydrogen-bond donors (Lipinski definition) is 12. The van der Waals surface area contributed by atoms with Crippen molar-refractivity contribution in [2.24, 2.45) is 0 Å². The predicted molar refractivity (Wildman–Crippen MR) is 154 cm³/mol. The van der Waals surface area contributed by atoms with E-state index in [1.807, 2.05) is 0 Å². The fraction of sp³-hybridized carbons (Fsp3) is 0.929. The molecule has 49 heavy (non-hydrogen) atoms. The van der Waals surface area contributed by atoms with Crippen molar-refractivity contribution in [3.8, 4) is 0 Å². The molecule has 4 rings (SSSR count). The standard InChI is InChI=1S/C28H48N2O19/c1-7-15(35)19(39)21(41)27(43-7)49-24-20(40)16(36)8(2)44-28(24)47-22-12(6-32)45-25(42)14(30-10(4)34)23(22)48-26-13(29-9(3)33)18(38)17(37)11(5-31)46-26/h7-8,11-28,31-32,35-42H,5-6H2,1-4H3,(H,29,33)(H,30,34)/t7-,8-,11+,12+,13+,14+,15-,16-,17-,18+,19+,20+,21+,22+,23+,24+,25-,26-,27-,28-/m0/s1. The van der Waals surface area contributed by atoms with E-state index in [9.17, 15) is 60.7 Å². The van der Waals surface area contributed by atoms with E-state index in [2.05, 4.69) is 10.6 Å². The molecule has 4 aliphatic heterocycles. The van der Waals surface area contributed by atoms with Crippen LogP contribution in [0.5, 0.6) is 0 Å². The summed E-state index contributed by atoms with van der Waals surface area (Å²) in [5, 5.41) is 110. The Hall–Kier alpha value is -1.74. The van der Waals surface area contributed by atoms with E-state index in [1.165, 1.54) is 13.8 Å². The van der Waals surface area contributed by atoms with E-state index in [0.717, 1.165) is 13.8 Å². The van der Waals surface area contributed by atoms with Crippen LogP contribution >= 0.6 is 0 Å². The molecule has 0 aliphatic carbocycles. The van der Waals surface area contributed by atoms with Gasteiger partial charge >= 0.3 is 0 Å². The average molecular weight is 717 g/mol. The van der Waals surface area contributed by atoms with Crippen LogP contribution in [-0.4, -0.2) is 199 Å². The zero-order valence-corrected chi connectivity index (χ0v) is 27.1. The zero-order chi connectivity index (χ0) is 36.5. The van der Waals surface area contributed by atoms with Crippen molar-refractivity contribution in [1.82, 2.24) is 10.6 Å². The minimum atomic E-state index is -1.87. The van der Waals surface area contributed by atoms with E-state index in [1.54, 1.807) is 0 Å². The van der Waals surface area contributed by atoms with Crippen LogP contribution in [-0.2, 0) is 42.7 Å². The molecule has 0 aromatic carbocycles. The monoisotopic (exact) mass is 716 g/mol. The lowest BCUT2D eigenvalue weighted by Crippen LogP contribution is -2.71. The van der Waals surface area contributed by atoms with Crippen LogP contribution in [0.3, 0.4) is 0 Å². The summed E-state index contributed by atoms with van der Waals surface area (Å²) in [6.07, 6.45) is -29.0. The SMILES string of the molecule is CC(=O)N[C@@H]1[C@@H](O[C@@H]2O[C@H](CO)[C@H](O)[C@H](O)[C@H]2NC(C)=O)[C@H](O[C@@H]2O[C@@H](C)[C@H](O)[C@@H](O)[C@H]2O[C@@H]2O[C@@H](C)[C@H](O)[C@@H](O)[C@H]2O)[C@@H](CO)O[C@@H]1O. The number of ether oxygens (including phenoxy) is 7. The molecule has 4 aliphatic rings. The number of aliphatic hydroxyl groups excluding tert-OH is 10. The molecular weight excluding hydrogens is 668 g/mol. The van der Waals surface area contributed by atoms with Crippen molar-refractivity contribution < 1.29 is 93.8 Å². The molecular formula is C28H48N2O19. The highest BCUT2D eigenvalue weighted by Gasteiger charge is 2.56. The lowest BCUT2D eigenvalue weighted by atomic mass is 9.93. The number of nitrogens with one attached hydrogen (secondary N) is 2. The van der Waals surface area contributed by atoms with Gasteiger partial charge in [0.15, 0.2) is 25.2 Å². The number of carbonyl (C=O) groups is 2. The summed E-state index contributed by atoms with van der Waals surface area (Å²) < 4.78 is 40.6. The van der Waals surface area contributed by atoms with Crippen molar-refractivity contribution in [3.05, 3.63) is 0 Å². The predicted octanol–water partition coefficient (Wildman–Crippen LogP) is -7.41. The quantitative estimate of drug-likeness (QED) is 0.0999. The summed E-state index contributed by atoms with van der Waals surface area (Å²) in [5.74, 6) is -1.38. The Bertz CT molecular complexity index is 1110. The summed E-state index contributed by atoms with van der Waals surface area (Å²) in [7, 11) is 0. The van der Waals surface area contributed by atoms with Crippen LogP contribution in [0.15, 0.2) is 0 Å². The average Bonchev–Trinajstić information content (AvgIpc) is 3.04. The fourth-order valence-corrected chi connectivity index (χ4v) is 6.22. The Labute approximate surface area is 280 Å². The van der Waals surface area contributed by atoms with Crippen molar-refractivity contribution in [2.75, 3.05) is 13.2 Å². The van der Waals surface area contributed by atoms with Gasteiger partial charge < -0.3 is 94.9 Å². The van der Waals surface area contributed by atoms with Gasteiger partial charge in [-0.2, -0.15) is 0 Å². The van der Waals surface area contributed by atoms with Crippen LogP contribution in [0.4, 0.5) is 0 Å². The van der Waals surface area contributed by atoms with Gasteiger partial charge in [-0.3, -0.25) is 9.59 Å². The highest BCUT2D eigenvalue weighted by atomic mass is 16.8. The van der Waals surface area contributed by atoms with Gasteiger partial charge in [-0.25, -0.2) is 0 Å². The Kier molecular flexibility index (Phi) is 13.7. The number of aliphatic hydroxyl groups is 10. The molecule has 0 spiro atoms. The first-order valence-corrected chi connectivity index (χ1v) is 15.8. The third-order valence-electron chi connectivity index (χ3n) is 8.93. The summed E-state index contributed by atoms with van der Waals surface area (Å²) in [6.45, 7) is 3.31. The van der Waals surface area contributed by atoms with Crippen LogP contribution < -0.4 is 10.6 Å². The van der Waals surface area contributed by atoms with Gasteiger partial charge in [-0.05, 0) is 13.8 Å². The summed E-state index contributed by atoms with van der Waals surface area (Å²) in [4.78, 5) is 24.3. The topological polar surface area (TPSA) is 325 Å². The van der Waals surface area contributed by atoms with Gasteiger partial charge in [0, 0.05) is 13.8 Å². The van der Waals surface area contributed by atoms with Gasteiger partial charge in [-0.15, -0.1) is 0 Å². The van der Waals surface area contributed by atoms with Gasteiger partial charge in [0.2, 0.25) is 11.8 Å². The van der Waals surface area contributed by atoms with Crippen LogP contribution in [0, 0.1) is 0 Å². The van der Waals surface area contributed by atoms with E-state index in [0.29, 0.717) is 0 Å². The second-order valence-electron chi connectivity index (χ2n) is 12.6. The third kappa shape index (κ3) is 8.67. The largest absolute Gasteiger partial charge is 0.394 e. The maximum Gasteiger partial charge on any atom is 0.217 e. The Morgan fingerprint density at radius 1 is 0.531 bits per heavy atom. The van der Waals surface area contributed by atoms with Gasteiger partial charge in [0.1, 0.15) is 85.3 Å². The third-order valence-corrected chi connectivity index (χ3v) is 8.93. The normalized spacial score (nSPS) is 49.3. The first-order valence-electron chi connectivity index (χ1n) is 15.8. The molecule has 0 radical (unpaired) electrons. The van der Waals surface area contributed by atoms with Gasteiger partial charge in [-0.1, -0.05) is 0 Å². The van der Waals surface area contributed by atoms with Crippen molar-refractivity contribution in [1.29, 1.82) is 0 Å². The fourth-order valence-electron chi connectivity index (χ4n) is 6.22. The molecule has 4 fully saturated rings. The zero-order valence-electron chi connectivity index (χ0n) is 27.1. The van der Waals surface area contributed by atoms with Gasteiger partial charge in [0.25, 0.3) is 0 Å². The number of hydrogen-bond acceptors (Lipinski definition) is 19. The van der Waals surface area contributed by atoms with Crippen LogP contribution in [0.25, 0.3) is 0 Å². The molecule has 4 heterocycles. The first kappa shape index (κ1) is 40.0. The molecule has 4 saturated heterocycles. The minimum absolute atomic E-state index is 0.682. The second kappa shape index (κ2) is 16.7. The Balaban J connectivity index is 1.71. The summed E-state index contributed by atoms with van der Waals surface area (Å²) in [5.41, 5.74) is 0. The van der Waals surface area contributed by atoms with E-state index >= 15 is 0 Å².